The van der Waals surface area contributed by atoms with Crippen LogP contribution in [-0.4, -0.2) is 4.98 Å². The summed E-state index contributed by atoms with van der Waals surface area (Å²) >= 11 is 0. The molecular formula is C13H21N. The first-order chi connectivity index (χ1) is 6.77. The molecule has 0 radical (unpaired) electrons. The van der Waals surface area contributed by atoms with Gasteiger partial charge in [0.15, 0.2) is 0 Å². The van der Waals surface area contributed by atoms with Gasteiger partial charge in [0.25, 0.3) is 0 Å². The van der Waals surface area contributed by atoms with Crippen molar-refractivity contribution in [2.45, 2.75) is 52.4 Å². The molecule has 1 heterocycles. The molecule has 0 aromatic carbocycles. The van der Waals surface area contributed by atoms with Crippen molar-refractivity contribution in [2.24, 2.45) is 0 Å². The van der Waals surface area contributed by atoms with Gasteiger partial charge in [-0.15, -0.1) is 0 Å². The summed E-state index contributed by atoms with van der Waals surface area (Å²) in [7, 11) is 0. The Bertz CT molecular complexity index is 250. The van der Waals surface area contributed by atoms with E-state index in [9.17, 15) is 0 Å². The molecule has 1 rings (SSSR count). The van der Waals surface area contributed by atoms with E-state index in [2.05, 4.69) is 37.9 Å². The molecule has 1 unspecified atom stereocenters. The van der Waals surface area contributed by atoms with Crippen LogP contribution in [0.4, 0.5) is 0 Å². The first kappa shape index (κ1) is 11.2. The van der Waals surface area contributed by atoms with Crippen LogP contribution in [0.25, 0.3) is 0 Å². The molecule has 1 heteroatoms. The van der Waals surface area contributed by atoms with Crippen LogP contribution in [0.3, 0.4) is 0 Å². The molecule has 1 aromatic heterocycles. The van der Waals surface area contributed by atoms with Crippen LogP contribution in [0, 0.1) is 0 Å². The average Bonchev–Trinajstić information content (AvgIpc) is 2.20. The number of nitrogens with zero attached hydrogens (tertiary/aromatic N) is 1. The van der Waals surface area contributed by atoms with Gasteiger partial charge in [0, 0.05) is 11.9 Å². The lowest BCUT2D eigenvalue weighted by Gasteiger charge is -2.10. The summed E-state index contributed by atoms with van der Waals surface area (Å²) in [5.41, 5.74) is 2.60. The van der Waals surface area contributed by atoms with E-state index < -0.39 is 0 Å². The average molecular weight is 191 g/mol. The minimum atomic E-state index is 0.656. The second kappa shape index (κ2) is 5.79. The van der Waals surface area contributed by atoms with Gasteiger partial charge in [-0.3, -0.25) is 4.98 Å². The minimum Gasteiger partial charge on any atom is -0.261 e. The second-order valence-electron chi connectivity index (χ2n) is 4.02. The van der Waals surface area contributed by atoms with E-state index in [1.807, 2.05) is 6.20 Å². The van der Waals surface area contributed by atoms with Crippen molar-refractivity contribution < 1.29 is 0 Å². The molecule has 0 amide bonds. The standard InChI is InChI=1S/C13H21N/c1-4-6-11(3)12-8-9-13(7-5-2)14-10-12/h8-11H,4-7H2,1-3H3. The van der Waals surface area contributed by atoms with Crippen molar-refractivity contribution in [1.82, 2.24) is 4.98 Å². The van der Waals surface area contributed by atoms with E-state index in [1.54, 1.807) is 0 Å². The molecule has 0 spiro atoms. The molecule has 0 saturated heterocycles. The molecule has 0 aliphatic rings. The van der Waals surface area contributed by atoms with Crippen LogP contribution >= 0.6 is 0 Å². The smallest absolute Gasteiger partial charge is 0.0403 e. The maximum Gasteiger partial charge on any atom is 0.0403 e. The van der Waals surface area contributed by atoms with Crippen molar-refractivity contribution in [3.63, 3.8) is 0 Å². The molecule has 0 N–H and O–H groups in total. The minimum absolute atomic E-state index is 0.656. The number of hydrogen-bond acceptors (Lipinski definition) is 1. The number of rotatable bonds is 5. The van der Waals surface area contributed by atoms with Crippen molar-refractivity contribution in [3.05, 3.63) is 29.6 Å². The number of hydrogen-bond donors (Lipinski definition) is 0. The zero-order valence-corrected chi connectivity index (χ0v) is 9.59. The topological polar surface area (TPSA) is 12.9 Å². The fourth-order valence-electron chi connectivity index (χ4n) is 1.73. The molecule has 78 valence electrons. The molecule has 14 heavy (non-hydrogen) atoms. The van der Waals surface area contributed by atoms with Crippen LogP contribution in [0.2, 0.25) is 0 Å². The summed E-state index contributed by atoms with van der Waals surface area (Å²) < 4.78 is 0. The number of aromatic nitrogens is 1. The summed E-state index contributed by atoms with van der Waals surface area (Å²) in [6.07, 6.45) is 6.83. The predicted molar refractivity (Wildman–Crippen MR) is 61.6 cm³/mol. The SMILES string of the molecule is CCCc1ccc(C(C)CCC)cn1. The third-order valence-corrected chi connectivity index (χ3v) is 2.64. The largest absolute Gasteiger partial charge is 0.261 e. The maximum atomic E-state index is 4.47. The highest BCUT2D eigenvalue weighted by atomic mass is 14.7. The second-order valence-corrected chi connectivity index (χ2v) is 4.02. The Labute approximate surface area is 87.6 Å². The zero-order valence-electron chi connectivity index (χ0n) is 9.59. The highest BCUT2D eigenvalue weighted by Crippen LogP contribution is 2.19. The Hall–Kier alpha value is -0.850. The third-order valence-electron chi connectivity index (χ3n) is 2.64. The van der Waals surface area contributed by atoms with E-state index in [4.69, 9.17) is 0 Å². The van der Waals surface area contributed by atoms with Crippen LogP contribution in [0.5, 0.6) is 0 Å². The molecule has 0 aliphatic carbocycles. The molecule has 1 atom stereocenters. The third kappa shape index (κ3) is 3.13. The van der Waals surface area contributed by atoms with Crippen LogP contribution < -0.4 is 0 Å². The Kier molecular flexibility index (Phi) is 4.64. The number of aryl methyl sites for hydroxylation is 1. The molecule has 0 aliphatic heterocycles. The summed E-state index contributed by atoms with van der Waals surface area (Å²) in [6.45, 7) is 6.70. The molecule has 0 bridgehead atoms. The van der Waals surface area contributed by atoms with Crippen LogP contribution in [0.1, 0.15) is 57.2 Å². The van der Waals surface area contributed by atoms with Gasteiger partial charge in [0.2, 0.25) is 0 Å². The first-order valence-corrected chi connectivity index (χ1v) is 5.72. The Balaban J connectivity index is 2.62. The Morgan fingerprint density at radius 1 is 1.21 bits per heavy atom. The van der Waals surface area contributed by atoms with Crippen molar-refractivity contribution in [3.8, 4) is 0 Å². The fraction of sp³-hybridized carbons (Fsp3) is 0.615. The highest BCUT2D eigenvalue weighted by Gasteiger charge is 2.04. The predicted octanol–water partition coefficient (Wildman–Crippen LogP) is 3.94. The quantitative estimate of drug-likeness (QED) is 0.687. The van der Waals surface area contributed by atoms with Gasteiger partial charge in [-0.2, -0.15) is 0 Å². The monoisotopic (exact) mass is 191 g/mol. The number of pyridine rings is 1. The van der Waals surface area contributed by atoms with Gasteiger partial charge < -0.3 is 0 Å². The van der Waals surface area contributed by atoms with E-state index in [-0.39, 0.29) is 0 Å². The molecule has 1 aromatic rings. The lowest BCUT2D eigenvalue weighted by Crippen LogP contribution is -1.96. The van der Waals surface area contributed by atoms with Gasteiger partial charge in [0.1, 0.15) is 0 Å². The lowest BCUT2D eigenvalue weighted by atomic mass is 9.98. The summed E-state index contributed by atoms with van der Waals surface area (Å²) in [5.74, 6) is 0.656. The normalized spacial score (nSPS) is 12.8. The van der Waals surface area contributed by atoms with Crippen molar-refractivity contribution in [1.29, 1.82) is 0 Å². The lowest BCUT2D eigenvalue weighted by molar-refractivity contribution is 0.661. The molecule has 1 nitrogen and oxygen atoms in total. The van der Waals surface area contributed by atoms with Gasteiger partial charge in [-0.25, -0.2) is 0 Å². The van der Waals surface area contributed by atoms with Gasteiger partial charge in [-0.1, -0.05) is 39.7 Å². The van der Waals surface area contributed by atoms with Gasteiger partial charge >= 0.3 is 0 Å². The molecule has 0 saturated carbocycles. The molecular weight excluding hydrogens is 170 g/mol. The maximum absolute atomic E-state index is 4.47. The summed E-state index contributed by atoms with van der Waals surface area (Å²) in [5, 5.41) is 0. The van der Waals surface area contributed by atoms with Crippen molar-refractivity contribution in [2.75, 3.05) is 0 Å². The zero-order chi connectivity index (χ0) is 10.4. The highest BCUT2D eigenvalue weighted by molar-refractivity contribution is 5.17. The van der Waals surface area contributed by atoms with Gasteiger partial charge in [-0.05, 0) is 30.4 Å². The Morgan fingerprint density at radius 3 is 2.50 bits per heavy atom. The van der Waals surface area contributed by atoms with E-state index in [0.29, 0.717) is 5.92 Å². The van der Waals surface area contributed by atoms with E-state index in [1.165, 1.54) is 30.5 Å². The van der Waals surface area contributed by atoms with Crippen molar-refractivity contribution >= 4 is 0 Å². The molecule has 0 fully saturated rings. The summed E-state index contributed by atoms with van der Waals surface area (Å²) in [4.78, 5) is 4.47. The van der Waals surface area contributed by atoms with Crippen LogP contribution in [0.15, 0.2) is 18.3 Å². The van der Waals surface area contributed by atoms with E-state index >= 15 is 0 Å². The summed E-state index contributed by atoms with van der Waals surface area (Å²) in [6, 6.07) is 4.41. The Morgan fingerprint density at radius 2 is 2.00 bits per heavy atom. The van der Waals surface area contributed by atoms with Gasteiger partial charge in [0.05, 0.1) is 0 Å². The fourth-order valence-corrected chi connectivity index (χ4v) is 1.73. The van der Waals surface area contributed by atoms with Crippen LogP contribution in [-0.2, 0) is 6.42 Å². The first-order valence-electron chi connectivity index (χ1n) is 5.72. The van der Waals surface area contributed by atoms with E-state index in [0.717, 1.165) is 6.42 Å².